The summed E-state index contributed by atoms with van der Waals surface area (Å²) in [7, 11) is -17.2. The standard InChI is InChI=1S/2C20H22N4O3S.C20H21N3O4S.2C20H21N3O3S2/c25-20(17-6-9-19-21-10-13-23(19)15-17)22-14-16-4-7-18(8-5-16)28(26,27)24-11-2-1-3-12-24;25-20(18-12-16-8-9-21-14-19(16)23-18)22-13-15-4-6-17(7-5-15)28(26,27)24-10-2-1-3-11-24;2*24-20(19-12-16-14-21-9-8-18(16)27-19)22-13-15-4-6-17(7-5-15)28(25,26)23-10-2-1-3-11-23;24-19(18-13-16-5-4-10-21-20(16)27-18)22-14-15-6-8-17(9-7-15)28(25,26)23-11-2-1-3-12-23/h4-10,13,15H,1-3,11-12,14H2,(H,22,25);4-9,12,14,23H,1-3,10-11,13H2,(H,22,25);2*4-9,12,14H,1-3,10-11,13H2,(H,22,24);4-10,13H,1-3,11-12,14H2,(H,22,24). The van der Waals surface area contributed by atoms with Crippen LogP contribution < -0.4 is 26.6 Å². The number of pyridine rings is 5. The van der Waals surface area contributed by atoms with Crippen LogP contribution in [0.15, 0.2) is 279 Å². The summed E-state index contributed by atoms with van der Waals surface area (Å²) in [6.07, 6.45) is 31.5. The van der Waals surface area contributed by atoms with Crippen molar-refractivity contribution in [1.82, 2.24) is 82.4 Å². The van der Waals surface area contributed by atoms with Crippen molar-refractivity contribution in [3.8, 4) is 0 Å². The zero-order chi connectivity index (χ0) is 97.8. The molecule has 5 fully saturated rings. The van der Waals surface area contributed by atoms with Gasteiger partial charge in [-0.3, -0.25) is 38.9 Å². The average molecular weight is 2030 g/mol. The summed E-state index contributed by atoms with van der Waals surface area (Å²) in [6, 6.07) is 53.4. The van der Waals surface area contributed by atoms with E-state index in [-0.39, 0.29) is 46.7 Å². The summed E-state index contributed by atoms with van der Waals surface area (Å²) >= 11 is 2.78. The van der Waals surface area contributed by atoms with Crippen LogP contribution in [0.5, 0.6) is 0 Å². The number of carbonyl (C=O) groups excluding carboxylic acids is 5. The van der Waals surface area contributed by atoms with Crippen molar-refractivity contribution in [2.24, 2.45) is 0 Å². The lowest BCUT2D eigenvalue weighted by Crippen LogP contribution is -2.35. The number of aromatic nitrogens is 7. The number of amides is 5. The van der Waals surface area contributed by atoms with Crippen molar-refractivity contribution in [3.05, 3.63) is 305 Å². The molecule has 33 nitrogen and oxygen atoms in total. The molecular formula is C100H107N17O16S7. The van der Waals surface area contributed by atoms with Crippen LogP contribution in [-0.4, -0.2) is 193 Å². The van der Waals surface area contributed by atoms with Crippen molar-refractivity contribution in [3.63, 3.8) is 0 Å². The number of hydrogen-bond donors (Lipinski definition) is 6. The lowest BCUT2D eigenvalue weighted by molar-refractivity contribution is 0.0921. The van der Waals surface area contributed by atoms with E-state index in [0.29, 0.717) is 138 Å². The topological polar surface area (TPSA) is 430 Å². The van der Waals surface area contributed by atoms with Gasteiger partial charge in [0.15, 0.2) is 5.76 Å². The number of thiophene rings is 2. The Bertz CT molecular complexity index is 6450. The lowest BCUT2D eigenvalue weighted by atomic mass is 10.2. The first-order valence-electron chi connectivity index (χ1n) is 46.4. The fourth-order valence-corrected chi connectivity index (χ4v) is 26.1. The van der Waals surface area contributed by atoms with Gasteiger partial charge in [0, 0.05) is 180 Å². The summed E-state index contributed by atoms with van der Waals surface area (Å²) in [4.78, 5) is 88.9. The molecule has 0 bridgehead atoms. The molecule has 15 aromatic rings. The van der Waals surface area contributed by atoms with Gasteiger partial charge in [0.2, 0.25) is 50.1 Å². The summed E-state index contributed by atoms with van der Waals surface area (Å²) in [5, 5.41) is 17.8. The molecule has 0 radical (unpaired) electrons. The van der Waals surface area contributed by atoms with Crippen molar-refractivity contribution in [2.45, 2.75) is 154 Å². The van der Waals surface area contributed by atoms with Crippen molar-refractivity contribution >= 4 is 150 Å². The second-order valence-corrected chi connectivity index (χ2v) is 46.1. The normalized spacial score (nSPS) is 15.6. The van der Waals surface area contributed by atoms with Crippen LogP contribution >= 0.6 is 22.7 Å². The second-order valence-electron chi connectivity index (χ2n) is 34.3. The molecule has 10 aromatic heterocycles. The number of nitrogens with one attached hydrogen (secondary N) is 6. The molecule has 0 unspecified atom stereocenters. The van der Waals surface area contributed by atoms with Gasteiger partial charge in [-0.2, -0.15) is 21.5 Å². The van der Waals surface area contributed by atoms with E-state index < -0.39 is 50.1 Å². The fraction of sp³-hybridized carbons (Fsp3) is 0.300. The van der Waals surface area contributed by atoms with Crippen LogP contribution in [0.1, 0.15) is 175 Å². The van der Waals surface area contributed by atoms with E-state index in [4.69, 9.17) is 4.42 Å². The highest BCUT2D eigenvalue weighted by Gasteiger charge is 2.32. The monoisotopic (exact) mass is 2030 g/mol. The Labute approximate surface area is 820 Å². The molecule has 0 saturated carbocycles. The number of hydrogen-bond acceptors (Lipinski definition) is 23. The molecule has 0 spiro atoms. The number of carbonyl (C=O) groups is 5. The molecule has 5 saturated heterocycles. The molecule has 5 aromatic carbocycles. The molecule has 20 rings (SSSR count). The maximum atomic E-state index is 12.7. The third-order valence-electron chi connectivity index (χ3n) is 24.6. The summed E-state index contributed by atoms with van der Waals surface area (Å²) in [6.45, 7) is 7.44. The Morgan fingerprint density at radius 3 is 1.13 bits per heavy atom. The minimum Gasteiger partial charge on any atom is -0.451 e. The highest BCUT2D eigenvalue weighted by atomic mass is 32.2. The number of aromatic amines is 1. The van der Waals surface area contributed by atoms with Gasteiger partial charge in [-0.1, -0.05) is 98.8 Å². The molecular weight excluding hydrogens is 1920 g/mol. The maximum absolute atomic E-state index is 12.7. The van der Waals surface area contributed by atoms with Gasteiger partial charge in [-0.15, -0.1) is 22.7 Å². The van der Waals surface area contributed by atoms with E-state index >= 15 is 0 Å². The summed E-state index contributed by atoms with van der Waals surface area (Å²) in [5.74, 6) is -0.838. The van der Waals surface area contributed by atoms with Crippen LogP contribution in [0.25, 0.3) is 47.8 Å². The molecule has 5 aliphatic heterocycles. The zero-order valence-corrected chi connectivity index (χ0v) is 82.4. The van der Waals surface area contributed by atoms with Crippen molar-refractivity contribution in [1.29, 1.82) is 0 Å². The minimum atomic E-state index is -3.44. The van der Waals surface area contributed by atoms with E-state index in [0.717, 1.165) is 166 Å². The Kier molecular flexibility index (Phi) is 33.0. The first kappa shape index (κ1) is 100. The number of sulfonamides is 5. The Hall–Kier alpha value is -12.7. The van der Waals surface area contributed by atoms with E-state index in [2.05, 4.69) is 56.5 Å². The van der Waals surface area contributed by atoms with Gasteiger partial charge in [0.25, 0.3) is 29.5 Å². The maximum Gasteiger partial charge on any atom is 0.287 e. The molecule has 5 aliphatic rings. The van der Waals surface area contributed by atoms with Gasteiger partial charge in [-0.25, -0.2) is 52.1 Å². The summed E-state index contributed by atoms with van der Waals surface area (Å²) < 4.78 is 143. The van der Waals surface area contributed by atoms with E-state index in [1.165, 1.54) is 22.7 Å². The predicted molar refractivity (Wildman–Crippen MR) is 536 cm³/mol. The first-order valence-corrected chi connectivity index (χ1v) is 55.3. The molecule has 140 heavy (non-hydrogen) atoms. The molecule has 0 aliphatic carbocycles. The number of imidazole rings is 1. The molecule has 5 amide bonds. The largest absolute Gasteiger partial charge is 0.451 e. The molecule has 40 heteroatoms. The Balaban J connectivity index is 0.000000126. The Morgan fingerprint density at radius 2 is 0.714 bits per heavy atom. The number of piperidine rings is 5. The lowest BCUT2D eigenvalue weighted by Gasteiger charge is -2.25. The third kappa shape index (κ3) is 25.2. The van der Waals surface area contributed by atoms with Crippen LogP contribution in [0.4, 0.5) is 0 Å². The van der Waals surface area contributed by atoms with E-state index in [1.807, 2.05) is 36.4 Å². The van der Waals surface area contributed by atoms with Gasteiger partial charge in [0.05, 0.1) is 51.5 Å². The number of rotatable bonds is 25. The quantitative estimate of drug-likeness (QED) is 0.0309. The first-order chi connectivity index (χ1) is 67.7. The van der Waals surface area contributed by atoms with Gasteiger partial charge >= 0.3 is 0 Å². The average Bonchev–Trinajstić information content (AvgIpc) is 1.64. The number of benzene rings is 5. The molecule has 730 valence electrons. The molecule has 15 heterocycles. The van der Waals surface area contributed by atoms with Crippen LogP contribution in [0.2, 0.25) is 0 Å². The highest BCUT2D eigenvalue weighted by Crippen LogP contribution is 2.31. The minimum absolute atomic E-state index is 0.147. The fourth-order valence-electron chi connectivity index (χ4n) is 16.7. The van der Waals surface area contributed by atoms with Gasteiger partial charge in [0.1, 0.15) is 21.8 Å². The van der Waals surface area contributed by atoms with Crippen LogP contribution in [0, 0.1) is 0 Å². The predicted octanol–water partition coefficient (Wildman–Crippen LogP) is 14.8. The van der Waals surface area contributed by atoms with Crippen molar-refractivity contribution in [2.75, 3.05) is 65.4 Å². The summed E-state index contributed by atoms with van der Waals surface area (Å²) in [5.41, 5.74) is 7.39. The highest BCUT2D eigenvalue weighted by molar-refractivity contribution is 7.90. The van der Waals surface area contributed by atoms with Gasteiger partial charge < -0.3 is 40.4 Å². The van der Waals surface area contributed by atoms with Crippen LogP contribution in [-0.2, 0) is 82.8 Å². The van der Waals surface area contributed by atoms with Gasteiger partial charge in [-0.05, 0) is 213 Å². The SMILES string of the molecule is O=C(NCc1ccc(S(=O)(=O)N2CCCCC2)cc1)c1cc2cccnc2s1.O=C(NCc1ccc(S(=O)(=O)N2CCCCC2)cc1)c1cc2ccncc2[nH]1.O=C(NCc1ccc(S(=O)(=O)N2CCCCC2)cc1)c1cc2cnccc2o1.O=C(NCc1ccc(S(=O)(=O)N2CCCCC2)cc1)c1cc2cnccc2s1.O=C(NCc1ccc(S(=O)(=O)N2CCCCC2)cc1)c1ccc2nccn2c1. The second kappa shape index (κ2) is 46.1. The molecule has 6 N–H and O–H groups in total. The smallest absolute Gasteiger partial charge is 0.287 e. The van der Waals surface area contributed by atoms with E-state index in [1.54, 1.807) is 240 Å². The van der Waals surface area contributed by atoms with Crippen molar-refractivity contribution < 1.29 is 70.5 Å². The zero-order valence-electron chi connectivity index (χ0n) is 76.7. The number of H-pyrrole nitrogens is 1. The van der Waals surface area contributed by atoms with E-state index in [9.17, 15) is 66.1 Å². The Morgan fingerprint density at radius 1 is 0.336 bits per heavy atom. The van der Waals surface area contributed by atoms with Crippen LogP contribution in [0.3, 0.4) is 0 Å². The number of nitrogens with zero attached hydrogens (tertiary/aromatic N) is 11. The number of fused-ring (bicyclic) bond motifs is 5. The number of furan rings is 1. The third-order valence-corrected chi connectivity index (χ3v) is 36.3. The molecule has 0 atom stereocenters.